The van der Waals surface area contributed by atoms with Gasteiger partial charge in [0.05, 0.1) is 18.0 Å². The van der Waals surface area contributed by atoms with E-state index in [0.29, 0.717) is 23.5 Å². The van der Waals surface area contributed by atoms with Crippen molar-refractivity contribution < 1.29 is 17.9 Å². The Morgan fingerprint density at radius 1 is 1.03 bits per heavy atom. The van der Waals surface area contributed by atoms with Crippen LogP contribution in [0.25, 0.3) is 0 Å². The van der Waals surface area contributed by atoms with Crippen molar-refractivity contribution in [2.75, 3.05) is 31.5 Å². The molecule has 1 unspecified atom stereocenters. The first-order valence-electron chi connectivity index (χ1n) is 10.7. The lowest BCUT2D eigenvalue weighted by atomic mass is 10.1. The van der Waals surface area contributed by atoms with Gasteiger partial charge in [-0.1, -0.05) is 13.8 Å². The highest BCUT2D eigenvalue weighted by Gasteiger charge is 2.20. The number of nitrogens with zero attached hydrogens (tertiary/aromatic N) is 1. The number of likely N-dealkylation sites (N-methyl/N-ethyl adjacent to an activating group) is 1. The summed E-state index contributed by atoms with van der Waals surface area (Å²) >= 11 is 1.63. The van der Waals surface area contributed by atoms with Crippen LogP contribution in [-0.4, -0.2) is 46.0 Å². The minimum Gasteiger partial charge on any atom is -0.497 e. The second-order valence-corrected chi connectivity index (χ2v) is 9.82. The van der Waals surface area contributed by atoms with Crippen molar-refractivity contribution in [1.82, 2.24) is 10.2 Å². The lowest BCUT2D eigenvalue weighted by Gasteiger charge is -2.29. The van der Waals surface area contributed by atoms with Crippen LogP contribution in [0.15, 0.2) is 70.3 Å². The Labute approximate surface area is 199 Å². The van der Waals surface area contributed by atoms with E-state index in [1.54, 1.807) is 42.7 Å². The predicted molar refractivity (Wildman–Crippen MR) is 133 cm³/mol. The van der Waals surface area contributed by atoms with Crippen LogP contribution in [0, 0.1) is 0 Å². The van der Waals surface area contributed by atoms with Crippen molar-refractivity contribution in [1.29, 1.82) is 0 Å². The number of hydrogen-bond donors (Lipinski definition) is 2. The number of hydrogen-bond acceptors (Lipinski definition) is 6. The second kappa shape index (κ2) is 11.3. The Bertz CT molecular complexity index is 1130. The number of nitrogens with one attached hydrogen (secondary N) is 2. The maximum atomic E-state index is 12.7. The van der Waals surface area contributed by atoms with Crippen LogP contribution in [0.2, 0.25) is 0 Å². The molecule has 3 aromatic rings. The molecule has 2 aromatic carbocycles. The maximum absolute atomic E-state index is 12.7. The summed E-state index contributed by atoms with van der Waals surface area (Å²) in [5.41, 5.74) is 2.01. The first-order valence-corrected chi connectivity index (χ1v) is 13.1. The Morgan fingerprint density at radius 2 is 1.70 bits per heavy atom. The number of methoxy groups -OCH3 is 1. The lowest BCUT2D eigenvalue weighted by Crippen LogP contribution is -2.37. The van der Waals surface area contributed by atoms with Gasteiger partial charge in [-0.3, -0.25) is 14.4 Å². The summed E-state index contributed by atoms with van der Waals surface area (Å²) in [5.74, 6) is 0.394. The number of anilines is 1. The van der Waals surface area contributed by atoms with E-state index in [2.05, 4.69) is 40.2 Å². The van der Waals surface area contributed by atoms with Crippen molar-refractivity contribution in [2.24, 2.45) is 0 Å². The van der Waals surface area contributed by atoms with E-state index in [-0.39, 0.29) is 16.8 Å². The van der Waals surface area contributed by atoms with E-state index >= 15 is 0 Å². The molecule has 7 nitrogen and oxygen atoms in total. The Hall–Kier alpha value is -2.88. The molecule has 0 aliphatic heterocycles. The quantitative estimate of drug-likeness (QED) is 0.419. The largest absolute Gasteiger partial charge is 0.497 e. The van der Waals surface area contributed by atoms with Gasteiger partial charge in [0.2, 0.25) is 0 Å². The summed E-state index contributed by atoms with van der Waals surface area (Å²) in [6.45, 7) is 6.42. The number of benzene rings is 2. The summed E-state index contributed by atoms with van der Waals surface area (Å²) in [7, 11) is -2.23. The third kappa shape index (κ3) is 6.34. The van der Waals surface area contributed by atoms with Gasteiger partial charge in [-0.05, 0) is 84.0 Å². The zero-order valence-corrected chi connectivity index (χ0v) is 20.6. The van der Waals surface area contributed by atoms with Gasteiger partial charge in [-0.2, -0.15) is 11.3 Å². The van der Waals surface area contributed by atoms with E-state index in [1.807, 2.05) is 5.38 Å². The fraction of sp³-hybridized carbons (Fsp3) is 0.292. The van der Waals surface area contributed by atoms with E-state index in [0.717, 1.165) is 13.1 Å². The highest BCUT2D eigenvalue weighted by molar-refractivity contribution is 7.92. The Kier molecular flexibility index (Phi) is 8.49. The molecular weight excluding hydrogens is 458 g/mol. The van der Waals surface area contributed by atoms with Gasteiger partial charge in [0.15, 0.2) is 0 Å². The molecule has 176 valence electrons. The van der Waals surface area contributed by atoms with Gasteiger partial charge < -0.3 is 10.1 Å². The molecule has 0 bridgehead atoms. The van der Waals surface area contributed by atoms with Crippen LogP contribution in [0.1, 0.15) is 35.8 Å². The van der Waals surface area contributed by atoms with E-state index in [4.69, 9.17) is 4.74 Å². The number of rotatable bonds is 11. The average Bonchev–Trinajstić information content (AvgIpc) is 3.36. The summed E-state index contributed by atoms with van der Waals surface area (Å²) in [4.78, 5) is 15.1. The fourth-order valence-corrected chi connectivity index (χ4v) is 5.30. The first-order chi connectivity index (χ1) is 15.9. The number of carbonyl (C=O) groups excluding carboxylic acids is 1. The average molecular weight is 488 g/mol. The standard InChI is InChI=1S/C24H29N3O4S2/c1-4-27(5-2)23(19-14-15-32-17-19)16-25-24(28)18-6-12-22(13-7-18)33(29,30)26-20-8-10-21(31-3)11-9-20/h6-15,17,23,26H,4-5,16H2,1-3H3,(H,25,28). The molecule has 0 saturated heterocycles. The molecule has 3 rings (SSSR count). The van der Waals surface area contributed by atoms with Crippen molar-refractivity contribution in [2.45, 2.75) is 24.8 Å². The topological polar surface area (TPSA) is 87.7 Å². The molecule has 0 spiro atoms. The minimum atomic E-state index is -3.78. The van der Waals surface area contributed by atoms with Crippen molar-refractivity contribution in [3.05, 3.63) is 76.5 Å². The highest BCUT2D eigenvalue weighted by Crippen LogP contribution is 2.23. The first kappa shape index (κ1) is 24.8. The van der Waals surface area contributed by atoms with Crippen LogP contribution in [0.3, 0.4) is 0 Å². The molecule has 1 atom stereocenters. The number of thiophene rings is 1. The minimum absolute atomic E-state index is 0.0779. The zero-order valence-electron chi connectivity index (χ0n) is 18.9. The molecular formula is C24H29N3O4S2. The highest BCUT2D eigenvalue weighted by atomic mass is 32.2. The van der Waals surface area contributed by atoms with E-state index in [9.17, 15) is 13.2 Å². The Balaban J connectivity index is 1.66. The molecule has 2 N–H and O–H groups in total. The monoisotopic (exact) mass is 487 g/mol. The SMILES string of the molecule is CCN(CC)C(CNC(=O)c1ccc(S(=O)(=O)Nc2ccc(OC)cc2)cc1)c1ccsc1. The Morgan fingerprint density at radius 3 is 2.24 bits per heavy atom. The molecule has 0 aliphatic carbocycles. The van der Waals surface area contributed by atoms with Gasteiger partial charge in [-0.25, -0.2) is 8.42 Å². The number of sulfonamides is 1. The van der Waals surface area contributed by atoms with E-state index < -0.39 is 10.0 Å². The van der Waals surface area contributed by atoms with Crippen LogP contribution in [-0.2, 0) is 10.0 Å². The lowest BCUT2D eigenvalue weighted by molar-refractivity contribution is 0.0935. The molecule has 0 fully saturated rings. The number of amides is 1. The fourth-order valence-electron chi connectivity index (χ4n) is 3.54. The van der Waals surface area contributed by atoms with Crippen molar-refractivity contribution >= 4 is 33.0 Å². The molecule has 0 saturated carbocycles. The van der Waals surface area contributed by atoms with Crippen molar-refractivity contribution in [3.8, 4) is 5.75 Å². The molecule has 1 aromatic heterocycles. The molecule has 0 radical (unpaired) electrons. The van der Waals surface area contributed by atoms with Crippen molar-refractivity contribution in [3.63, 3.8) is 0 Å². The smallest absolute Gasteiger partial charge is 0.261 e. The van der Waals surface area contributed by atoms with Gasteiger partial charge in [0.1, 0.15) is 5.75 Å². The summed E-state index contributed by atoms with van der Waals surface area (Å²) in [6, 6.07) is 14.7. The summed E-state index contributed by atoms with van der Waals surface area (Å²) in [6.07, 6.45) is 0. The van der Waals surface area contributed by atoms with Gasteiger partial charge in [-0.15, -0.1) is 0 Å². The molecule has 1 amide bonds. The van der Waals surface area contributed by atoms with Gasteiger partial charge in [0, 0.05) is 17.8 Å². The van der Waals surface area contributed by atoms with Gasteiger partial charge >= 0.3 is 0 Å². The second-order valence-electron chi connectivity index (χ2n) is 7.36. The summed E-state index contributed by atoms with van der Waals surface area (Å²) in [5, 5.41) is 7.13. The predicted octanol–water partition coefficient (Wildman–Crippen LogP) is 4.37. The number of ether oxygens (including phenoxy) is 1. The molecule has 9 heteroatoms. The maximum Gasteiger partial charge on any atom is 0.261 e. The van der Waals surface area contributed by atoms with Crippen LogP contribution >= 0.6 is 11.3 Å². The molecule has 0 aliphatic rings. The van der Waals surface area contributed by atoms with E-state index in [1.165, 1.54) is 29.8 Å². The third-order valence-corrected chi connectivity index (χ3v) is 7.50. The van der Waals surface area contributed by atoms with Crippen LogP contribution in [0.4, 0.5) is 5.69 Å². The van der Waals surface area contributed by atoms with Crippen LogP contribution in [0.5, 0.6) is 5.75 Å². The molecule has 33 heavy (non-hydrogen) atoms. The van der Waals surface area contributed by atoms with Gasteiger partial charge in [0.25, 0.3) is 15.9 Å². The number of carbonyl (C=O) groups is 1. The van der Waals surface area contributed by atoms with Crippen LogP contribution < -0.4 is 14.8 Å². The molecule has 1 heterocycles. The summed E-state index contributed by atoms with van der Waals surface area (Å²) < 4.78 is 33.0. The third-order valence-electron chi connectivity index (χ3n) is 5.41. The zero-order chi connectivity index (χ0) is 23.8. The normalized spacial score (nSPS) is 12.4.